The van der Waals surface area contributed by atoms with Gasteiger partial charge in [0.15, 0.2) is 0 Å². The molecule has 0 saturated carbocycles. The van der Waals surface area contributed by atoms with E-state index in [0.29, 0.717) is 12.0 Å². The second-order valence-electron chi connectivity index (χ2n) is 4.89. The molecule has 0 bridgehead atoms. The number of para-hydroxylation sites is 2. The standard InChI is InChI=1S/C15H17N3S/c1-10(9-12-8-7-11(2)19-12)18-14-6-4-3-5-13(14)17-15(18)16/h3-8,10H,9H2,1-2H3,(H2,16,17). The molecule has 19 heavy (non-hydrogen) atoms. The number of rotatable bonds is 3. The molecule has 0 amide bonds. The number of nitrogens with zero attached hydrogens (tertiary/aromatic N) is 2. The maximum atomic E-state index is 6.07. The molecule has 98 valence electrons. The van der Waals surface area contributed by atoms with Crippen molar-refractivity contribution in [2.24, 2.45) is 0 Å². The van der Waals surface area contributed by atoms with Gasteiger partial charge in [-0.25, -0.2) is 4.98 Å². The molecule has 3 aromatic rings. The highest BCUT2D eigenvalue weighted by molar-refractivity contribution is 7.11. The van der Waals surface area contributed by atoms with Crippen molar-refractivity contribution in [3.8, 4) is 0 Å². The first-order chi connectivity index (χ1) is 9.15. The molecule has 0 fully saturated rings. The summed E-state index contributed by atoms with van der Waals surface area (Å²) in [7, 11) is 0. The maximum Gasteiger partial charge on any atom is 0.201 e. The van der Waals surface area contributed by atoms with Crippen LogP contribution in [0.25, 0.3) is 11.0 Å². The molecular weight excluding hydrogens is 254 g/mol. The van der Waals surface area contributed by atoms with Gasteiger partial charge in [-0.3, -0.25) is 0 Å². The molecule has 1 unspecified atom stereocenters. The first kappa shape index (κ1) is 12.2. The number of imidazole rings is 1. The van der Waals surface area contributed by atoms with Gasteiger partial charge in [0.05, 0.1) is 11.0 Å². The molecule has 2 heterocycles. The fourth-order valence-electron chi connectivity index (χ4n) is 2.50. The molecule has 4 heteroatoms. The zero-order chi connectivity index (χ0) is 13.4. The van der Waals surface area contributed by atoms with Crippen molar-refractivity contribution in [1.29, 1.82) is 0 Å². The molecule has 0 spiro atoms. The lowest BCUT2D eigenvalue weighted by Crippen LogP contribution is -2.10. The number of hydrogen-bond donors (Lipinski definition) is 1. The fraction of sp³-hybridized carbons (Fsp3) is 0.267. The van der Waals surface area contributed by atoms with Crippen molar-refractivity contribution in [2.75, 3.05) is 5.73 Å². The third-order valence-electron chi connectivity index (χ3n) is 3.36. The van der Waals surface area contributed by atoms with Crippen LogP contribution < -0.4 is 5.73 Å². The zero-order valence-electron chi connectivity index (χ0n) is 11.1. The van der Waals surface area contributed by atoms with E-state index in [2.05, 4.69) is 41.6 Å². The largest absolute Gasteiger partial charge is 0.369 e. The number of fused-ring (bicyclic) bond motifs is 1. The molecule has 0 aliphatic carbocycles. The number of nitrogen functional groups attached to an aromatic ring is 1. The van der Waals surface area contributed by atoms with E-state index >= 15 is 0 Å². The first-order valence-electron chi connectivity index (χ1n) is 6.43. The lowest BCUT2D eigenvalue weighted by atomic mass is 10.2. The lowest BCUT2D eigenvalue weighted by molar-refractivity contribution is 0.571. The number of hydrogen-bond acceptors (Lipinski definition) is 3. The summed E-state index contributed by atoms with van der Waals surface area (Å²) >= 11 is 1.85. The molecule has 0 radical (unpaired) electrons. The van der Waals surface area contributed by atoms with Gasteiger partial charge >= 0.3 is 0 Å². The predicted molar refractivity (Wildman–Crippen MR) is 81.6 cm³/mol. The molecule has 0 saturated heterocycles. The van der Waals surface area contributed by atoms with Crippen LogP contribution in [0.4, 0.5) is 5.95 Å². The molecule has 0 aliphatic rings. The highest BCUT2D eigenvalue weighted by Gasteiger charge is 2.14. The van der Waals surface area contributed by atoms with Crippen LogP contribution in [0.15, 0.2) is 36.4 Å². The van der Waals surface area contributed by atoms with E-state index in [4.69, 9.17) is 5.73 Å². The molecule has 2 aromatic heterocycles. The third-order valence-corrected chi connectivity index (χ3v) is 4.38. The van der Waals surface area contributed by atoms with E-state index in [9.17, 15) is 0 Å². The fourth-order valence-corrected chi connectivity index (χ4v) is 3.51. The Hall–Kier alpha value is -1.81. The second-order valence-corrected chi connectivity index (χ2v) is 6.27. The highest BCUT2D eigenvalue weighted by atomic mass is 32.1. The van der Waals surface area contributed by atoms with Crippen molar-refractivity contribution in [3.63, 3.8) is 0 Å². The Morgan fingerprint density at radius 3 is 2.79 bits per heavy atom. The van der Waals surface area contributed by atoms with Crippen molar-refractivity contribution in [2.45, 2.75) is 26.3 Å². The minimum absolute atomic E-state index is 0.311. The molecular formula is C15H17N3S. The average molecular weight is 271 g/mol. The quantitative estimate of drug-likeness (QED) is 0.787. The van der Waals surface area contributed by atoms with Gasteiger partial charge in [-0.15, -0.1) is 11.3 Å². The number of thiophene rings is 1. The Bertz CT molecular complexity index is 711. The summed E-state index contributed by atoms with van der Waals surface area (Å²) in [4.78, 5) is 7.17. The minimum Gasteiger partial charge on any atom is -0.369 e. The van der Waals surface area contributed by atoms with Crippen molar-refractivity contribution < 1.29 is 0 Å². The van der Waals surface area contributed by atoms with E-state index in [1.165, 1.54) is 9.75 Å². The minimum atomic E-state index is 0.311. The Balaban J connectivity index is 1.97. The van der Waals surface area contributed by atoms with Gasteiger partial charge in [-0.05, 0) is 38.1 Å². The van der Waals surface area contributed by atoms with E-state index in [-0.39, 0.29) is 0 Å². The van der Waals surface area contributed by atoms with Crippen molar-refractivity contribution >= 4 is 28.3 Å². The Morgan fingerprint density at radius 1 is 1.26 bits per heavy atom. The zero-order valence-corrected chi connectivity index (χ0v) is 11.9. The SMILES string of the molecule is Cc1ccc(CC(C)n2c(N)nc3ccccc32)s1. The van der Waals surface area contributed by atoms with Gasteiger partial charge in [0.2, 0.25) is 5.95 Å². The van der Waals surface area contributed by atoms with Crippen molar-refractivity contribution in [3.05, 3.63) is 46.2 Å². The summed E-state index contributed by atoms with van der Waals surface area (Å²) in [6.07, 6.45) is 0.989. The second kappa shape index (κ2) is 4.70. The van der Waals surface area contributed by atoms with Gasteiger partial charge in [0.25, 0.3) is 0 Å². The van der Waals surface area contributed by atoms with Gasteiger partial charge in [0.1, 0.15) is 0 Å². The van der Waals surface area contributed by atoms with Crippen molar-refractivity contribution in [1.82, 2.24) is 9.55 Å². The first-order valence-corrected chi connectivity index (χ1v) is 7.24. The molecule has 3 nitrogen and oxygen atoms in total. The van der Waals surface area contributed by atoms with Crippen LogP contribution in [0.3, 0.4) is 0 Å². The summed E-state index contributed by atoms with van der Waals surface area (Å²) in [5.41, 5.74) is 8.15. The highest BCUT2D eigenvalue weighted by Crippen LogP contribution is 2.27. The Morgan fingerprint density at radius 2 is 2.05 bits per heavy atom. The topological polar surface area (TPSA) is 43.8 Å². The molecule has 3 rings (SSSR count). The third kappa shape index (κ3) is 2.24. The molecule has 2 N–H and O–H groups in total. The molecule has 1 atom stereocenters. The summed E-state index contributed by atoms with van der Waals surface area (Å²) in [6, 6.07) is 12.8. The van der Waals surface area contributed by atoms with E-state index < -0.39 is 0 Å². The lowest BCUT2D eigenvalue weighted by Gasteiger charge is -2.15. The van der Waals surface area contributed by atoms with Gasteiger partial charge in [-0.2, -0.15) is 0 Å². The van der Waals surface area contributed by atoms with Crippen LogP contribution in [-0.2, 0) is 6.42 Å². The van der Waals surface area contributed by atoms with E-state index in [1.54, 1.807) is 0 Å². The van der Waals surface area contributed by atoms with Crippen LogP contribution in [-0.4, -0.2) is 9.55 Å². The smallest absolute Gasteiger partial charge is 0.201 e. The normalized spacial score (nSPS) is 12.9. The maximum absolute atomic E-state index is 6.07. The Labute approximate surface area is 116 Å². The predicted octanol–water partition coefficient (Wildman–Crippen LogP) is 3.79. The van der Waals surface area contributed by atoms with Crippen LogP contribution in [0.1, 0.15) is 22.7 Å². The van der Waals surface area contributed by atoms with Crippen LogP contribution in [0.2, 0.25) is 0 Å². The number of benzene rings is 1. The summed E-state index contributed by atoms with van der Waals surface area (Å²) in [5, 5.41) is 0. The van der Waals surface area contributed by atoms with Gasteiger partial charge in [0, 0.05) is 22.2 Å². The van der Waals surface area contributed by atoms with Crippen LogP contribution in [0, 0.1) is 6.92 Å². The van der Waals surface area contributed by atoms with Gasteiger partial charge in [-0.1, -0.05) is 12.1 Å². The van der Waals surface area contributed by atoms with Crippen LogP contribution in [0.5, 0.6) is 0 Å². The Kier molecular flexibility index (Phi) is 3.03. The van der Waals surface area contributed by atoms with Gasteiger partial charge < -0.3 is 10.3 Å². The van der Waals surface area contributed by atoms with E-state index in [0.717, 1.165) is 17.5 Å². The van der Waals surface area contributed by atoms with Crippen LogP contribution >= 0.6 is 11.3 Å². The monoisotopic (exact) mass is 271 g/mol. The summed E-state index contributed by atoms with van der Waals surface area (Å²) in [6.45, 7) is 4.33. The number of anilines is 1. The average Bonchev–Trinajstić information content (AvgIpc) is 2.91. The van der Waals surface area contributed by atoms with E-state index in [1.807, 2.05) is 29.5 Å². The summed E-state index contributed by atoms with van der Waals surface area (Å²) < 4.78 is 2.13. The number of aryl methyl sites for hydroxylation is 1. The molecule has 1 aromatic carbocycles. The summed E-state index contributed by atoms with van der Waals surface area (Å²) in [5.74, 6) is 0.599. The number of aromatic nitrogens is 2. The molecule has 0 aliphatic heterocycles. The number of nitrogens with two attached hydrogens (primary N) is 1.